The Morgan fingerprint density at radius 3 is 1.54 bits per heavy atom. The van der Waals surface area contributed by atoms with E-state index in [1.54, 1.807) is 5.79 Å². The molecular formula is C34H45NS2Sn2. The summed E-state index contributed by atoms with van der Waals surface area (Å²) in [6.45, 7) is 5.80. The van der Waals surface area contributed by atoms with Gasteiger partial charge in [-0.2, -0.15) is 0 Å². The summed E-state index contributed by atoms with van der Waals surface area (Å²) in [5.74, 6) is 0.711. The Morgan fingerprint density at radius 1 is 0.667 bits per heavy atom. The number of aromatic nitrogens is 1. The van der Waals surface area contributed by atoms with E-state index in [1.807, 2.05) is 22.7 Å². The normalized spacial score (nSPS) is 13.5. The van der Waals surface area contributed by atoms with Gasteiger partial charge in [-0.15, -0.1) is 0 Å². The van der Waals surface area contributed by atoms with Gasteiger partial charge in [0.15, 0.2) is 0 Å². The maximum absolute atomic E-state index is 2.68. The number of nitrogens with zero attached hydrogens (tertiary/aromatic N) is 1. The van der Waals surface area contributed by atoms with E-state index in [0.29, 0.717) is 5.92 Å². The molecule has 0 radical (unpaired) electrons. The molecule has 5 heteroatoms. The number of fused-ring (bicyclic) bond motifs is 3. The second-order valence-corrected chi connectivity index (χ2v) is 46.3. The van der Waals surface area contributed by atoms with Gasteiger partial charge in [-0.3, -0.25) is 0 Å². The Balaban J connectivity index is 1.66. The van der Waals surface area contributed by atoms with Gasteiger partial charge in [0.2, 0.25) is 0 Å². The zero-order valence-electron chi connectivity index (χ0n) is 25.2. The molecule has 0 aliphatic rings. The van der Waals surface area contributed by atoms with Crippen molar-refractivity contribution in [1.82, 2.24) is 4.57 Å². The molecule has 1 atom stereocenters. The number of hydrogen-bond acceptors (Lipinski definition) is 2. The quantitative estimate of drug-likeness (QED) is 0.125. The van der Waals surface area contributed by atoms with Gasteiger partial charge in [0.05, 0.1) is 0 Å². The number of thiophene rings is 2. The van der Waals surface area contributed by atoms with Crippen molar-refractivity contribution in [2.24, 2.45) is 5.92 Å². The van der Waals surface area contributed by atoms with Gasteiger partial charge in [-0.25, -0.2) is 0 Å². The van der Waals surface area contributed by atoms with Crippen LogP contribution in [-0.4, -0.2) is 41.3 Å². The molecule has 0 saturated carbocycles. The molecule has 5 aromatic rings. The molecule has 0 spiro atoms. The molecule has 2 aromatic carbocycles. The number of unbranched alkanes of at least 4 members (excludes halogenated alkanes) is 1. The Morgan fingerprint density at radius 2 is 1.15 bits per heavy atom. The molecule has 0 N–H and O–H groups in total. The molecule has 0 bridgehead atoms. The van der Waals surface area contributed by atoms with Crippen LogP contribution in [0.15, 0.2) is 60.7 Å². The summed E-state index contributed by atoms with van der Waals surface area (Å²) < 4.78 is 5.99. The first kappa shape index (κ1) is 29.7. The molecule has 0 saturated heterocycles. The first-order valence-corrected chi connectivity index (χ1v) is 36.4. The van der Waals surface area contributed by atoms with E-state index in [1.165, 1.54) is 68.4 Å². The molecule has 5 rings (SSSR count). The molecule has 0 amide bonds. The number of hydrogen-bond donors (Lipinski definition) is 0. The van der Waals surface area contributed by atoms with Crippen molar-refractivity contribution in [2.75, 3.05) is 0 Å². The van der Waals surface area contributed by atoms with Gasteiger partial charge in [-0.05, 0) is 0 Å². The predicted molar refractivity (Wildman–Crippen MR) is 185 cm³/mol. The van der Waals surface area contributed by atoms with Crippen LogP contribution in [-0.2, 0) is 6.54 Å². The summed E-state index contributed by atoms with van der Waals surface area (Å²) in [6, 6.07) is 24.1. The van der Waals surface area contributed by atoms with E-state index in [0.717, 1.165) is 6.54 Å². The van der Waals surface area contributed by atoms with Crippen LogP contribution in [0.2, 0.25) is 29.6 Å². The van der Waals surface area contributed by atoms with Crippen LogP contribution in [0.25, 0.3) is 42.7 Å². The molecule has 0 aliphatic carbocycles. The van der Waals surface area contributed by atoms with E-state index < -0.39 is 36.8 Å². The summed E-state index contributed by atoms with van der Waals surface area (Å²) in [4.78, 5) is 18.0. The summed E-state index contributed by atoms with van der Waals surface area (Å²) in [5, 5.41) is 2.80. The molecule has 3 heterocycles. The SMILES string of the molecule is CCCCC(CC)Cn1c2cc(-c3cc[c]([Sn]([CH3])([CH3])[CH3])s3)ccc2c2ccc(-c3cc[c]([Sn]([CH3])([CH3])[CH3])s3)cc21. The molecule has 1 unspecified atom stereocenters. The third kappa shape index (κ3) is 6.36. The fraction of sp³-hybridized carbons (Fsp3) is 0.412. The van der Waals surface area contributed by atoms with Crippen LogP contribution < -0.4 is 5.79 Å². The van der Waals surface area contributed by atoms with Gasteiger partial charge < -0.3 is 0 Å². The van der Waals surface area contributed by atoms with Gasteiger partial charge in [0, 0.05) is 0 Å². The standard InChI is InChI=1S/C28H27NS2.6CH3.2Sn/c1-3-5-8-20(4-2)19-29-25-17-21(27-9-6-15-30-27)11-13-23(25)24-14-12-22(18-26(24)29)28-10-7-16-31-28;;;;;;;;/h6-7,9-14,17-18,20H,3-5,8,19H2,1-2H3;6*1H3;;. The molecule has 206 valence electrons. The molecule has 1 nitrogen and oxygen atoms in total. The maximum atomic E-state index is 2.68. The van der Waals surface area contributed by atoms with E-state index in [4.69, 9.17) is 0 Å². The van der Waals surface area contributed by atoms with Crippen molar-refractivity contribution >= 4 is 87.0 Å². The molecular weight excluding hydrogens is 724 g/mol. The van der Waals surface area contributed by atoms with Gasteiger partial charge >= 0.3 is 248 Å². The third-order valence-corrected chi connectivity index (χ3v) is 29.4. The first-order valence-electron chi connectivity index (χ1n) is 14.8. The summed E-state index contributed by atoms with van der Waals surface area (Å²) in [6.07, 6.45) is 5.14. The second-order valence-electron chi connectivity index (χ2n) is 13.3. The number of benzene rings is 2. The Kier molecular flexibility index (Phi) is 9.03. The summed E-state index contributed by atoms with van der Waals surface area (Å²) in [7, 11) is 0. The van der Waals surface area contributed by atoms with Crippen LogP contribution in [0.4, 0.5) is 0 Å². The average molecular weight is 769 g/mol. The third-order valence-electron chi connectivity index (χ3n) is 8.11. The zero-order valence-corrected chi connectivity index (χ0v) is 32.5. The topological polar surface area (TPSA) is 4.93 Å². The fourth-order valence-electron chi connectivity index (χ4n) is 5.57. The van der Waals surface area contributed by atoms with Crippen molar-refractivity contribution in [2.45, 2.75) is 75.7 Å². The fourth-order valence-corrected chi connectivity index (χ4v) is 18.1. The minimum absolute atomic E-state index is 0.711. The first-order chi connectivity index (χ1) is 18.5. The predicted octanol–water partition coefficient (Wildman–Crippen LogP) is 10.6. The van der Waals surface area contributed by atoms with E-state index >= 15 is 0 Å². The Hall–Kier alpha value is -0.763. The van der Waals surface area contributed by atoms with E-state index in [2.05, 4.69) is 109 Å². The van der Waals surface area contributed by atoms with E-state index in [-0.39, 0.29) is 0 Å². The monoisotopic (exact) mass is 771 g/mol. The van der Waals surface area contributed by atoms with Gasteiger partial charge in [0.25, 0.3) is 0 Å². The molecule has 39 heavy (non-hydrogen) atoms. The Labute approximate surface area is 252 Å². The van der Waals surface area contributed by atoms with Gasteiger partial charge in [0.1, 0.15) is 0 Å². The van der Waals surface area contributed by atoms with Crippen LogP contribution in [0.5, 0.6) is 0 Å². The van der Waals surface area contributed by atoms with Crippen molar-refractivity contribution in [3.63, 3.8) is 0 Å². The molecule has 3 aromatic heterocycles. The van der Waals surface area contributed by atoms with E-state index in [9.17, 15) is 0 Å². The zero-order chi connectivity index (χ0) is 27.9. The van der Waals surface area contributed by atoms with Crippen molar-refractivity contribution < 1.29 is 0 Å². The summed E-state index contributed by atoms with van der Waals surface area (Å²) >= 11 is -0.0649. The second kappa shape index (κ2) is 11.8. The van der Waals surface area contributed by atoms with Crippen molar-refractivity contribution in [1.29, 1.82) is 0 Å². The molecule has 0 aliphatic heterocycles. The number of rotatable bonds is 10. The van der Waals surface area contributed by atoms with Crippen LogP contribution in [0, 0.1) is 5.92 Å². The average Bonchev–Trinajstić information content (AvgIpc) is 3.64. The minimum atomic E-state index is -2.07. The van der Waals surface area contributed by atoms with Crippen LogP contribution in [0.3, 0.4) is 0 Å². The summed E-state index contributed by atoms with van der Waals surface area (Å²) in [5.41, 5.74) is 5.56. The van der Waals surface area contributed by atoms with Crippen molar-refractivity contribution in [3.05, 3.63) is 60.7 Å². The van der Waals surface area contributed by atoms with Gasteiger partial charge in [-0.1, -0.05) is 6.92 Å². The van der Waals surface area contributed by atoms with Crippen LogP contribution in [0.1, 0.15) is 39.5 Å². The Bertz CT molecular complexity index is 1480. The van der Waals surface area contributed by atoms with Crippen molar-refractivity contribution in [3.8, 4) is 20.9 Å². The molecule has 0 fully saturated rings. The van der Waals surface area contributed by atoms with Crippen LogP contribution >= 0.6 is 22.7 Å².